The molecule has 0 saturated carbocycles. The highest BCUT2D eigenvalue weighted by atomic mass is 127. The summed E-state index contributed by atoms with van der Waals surface area (Å²) in [5.74, 6) is 0. The molecule has 2 unspecified atom stereocenters. The maximum atomic E-state index is 10.6. The molecule has 1 aromatic rings. The number of nitrogens with zero attached hydrogens (tertiary/aromatic N) is 2. The van der Waals surface area contributed by atoms with Gasteiger partial charge < -0.3 is 46.1 Å². The van der Waals surface area contributed by atoms with Gasteiger partial charge in [0, 0.05) is 27.4 Å². The molecule has 0 spiro atoms. The van der Waals surface area contributed by atoms with E-state index in [0.717, 1.165) is 13.5 Å². The molecule has 0 aliphatic rings. The summed E-state index contributed by atoms with van der Waals surface area (Å²) in [4.78, 5) is 25.2. The van der Waals surface area contributed by atoms with Crippen LogP contribution < -0.4 is 11.1 Å². The predicted molar refractivity (Wildman–Crippen MR) is 132 cm³/mol. The number of amides is 1. The molecular weight excluding hydrogens is 555 g/mol. The fraction of sp³-hybridized carbons (Fsp3) is 0.737. The van der Waals surface area contributed by atoms with Crippen molar-refractivity contribution in [1.82, 2.24) is 14.9 Å². The number of aromatic nitrogens is 2. The lowest BCUT2D eigenvalue weighted by Crippen LogP contribution is -2.25. The predicted octanol–water partition coefficient (Wildman–Crippen LogP) is -0.288. The minimum absolute atomic E-state index is 0.153. The fourth-order valence-electron chi connectivity index (χ4n) is 1.61. The molecule has 2 atom stereocenters. The van der Waals surface area contributed by atoms with Crippen LogP contribution in [0.2, 0.25) is 0 Å². The van der Waals surface area contributed by atoms with E-state index in [4.69, 9.17) is 32.6 Å². The fourth-order valence-corrected chi connectivity index (χ4v) is 1.61. The van der Waals surface area contributed by atoms with Gasteiger partial charge in [0.1, 0.15) is 6.33 Å². The number of aliphatic hydroxyl groups is 5. The van der Waals surface area contributed by atoms with Gasteiger partial charge in [0.15, 0.2) is 0 Å². The number of alkyl halides is 1. The van der Waals surface area contributed by atoms with Gasteiger partial charge in [-0.3, -0.25) is 0 Å². The Morgan fingerprint density at radius 2 is 1.67 bits per heavy atom. The number of carbonyl (C=O) groups excluding carboxylic acids is 2. The lowest BCUT2D eigenvalue weighted by molar-refractivity contribution is 0.0864. The lowest BCUT2D eigenvalue weighted by Gasteiger charge is -2.06. The minimum atomic E-state index is -0.690. The van der Waals surface area contributed by atoms with Crippen LogP contribution in [0.5, 0.6) is 0 Å². The number of ether oxygens (including phenoxy) is 2. The summed E-state index contributed by atoms with van der Waals surface area (Å²) in [6.45, 7) is 0.638. The quantitative estimate of drug-likeness (QED) is 0.112. The second-order valence-corrected chi connectivity index (χ2v) is 5.60. The van der Waals surface area contributed by atoms with E-state index in [1.807, 2.05) is 22.6 Å². The Bertz CT molecular complexity index is 532. The third-order valence-corrected chi connectivity index (χ3v) is 3.22. The van der Waals surface area contributed by atoms with Crippen molar-refractivity contribution in [2.24, 2.45) is 5.73 Å². The lowest BCUT2D eigenvalue weighted by atomic mass is 10.2. The van der Waals surface area contributed by atoms with Gasteiger partial charge in [-0.15, -0.1) is 0 Å². The number of imidazole rings is 1. The van der Waals surface area contributed by atoms with Gasteiger partial charge in [0.2, 0.25) is 0 Å². The van der Waals surface area contributed by atoms with Crippen molar-refractivity contribution >= 4 is 34.8 Å². The first-order valence-corrected chi connectivity index (χ1v) is 11.3. The van der Waals surface area contributed by atoms with E-state index in [2.05, 4.69) is 19.8 Å². The molecule has 1 amide bonds. The highest BCUT2D eigenvalue weighted by Crippen LogP contribution is 1.94. The van der Waals surface area contributed by atoms with Crippen LogP contribution in [0.15, 0.2) is 18.7 Å². The van der Waals surface area contributed by atoms with E-state index in [1.54, 1.807) is 0 Å². The number of methoxy groups -OCH3 is 2. The summed E-state index contributed by atoms with van der Waals surface area (Å²) in [7, 11) is 3.61. The summed E-state index contributed by atoms with van der Waals surface area (Å²) >= 11 is 1.96. The molecule has 0 aliphatic heterocycles. The molecule has 198 valence electrons. The molecule has 1 aromatic heterocycles. The number of hydrogen-bond donors (Lipinski definition) is 7. The van der Waals surface area contributed by atoms with Crippen molar-refractivity contribution in [1.29, 1.82) is 0 Å². The Morgan fingerprint density at radius 1 is 1.15 bits per heavy atom. The topological polar surface area (TPSA) is 210 Å². The Kier molecular flexibility index (Phi) is 35.6. The summed E-state index contributed by atoms with van der Waals surface area (Å²) in [5, 5.41) is 43.7. The second kappa shape index (κ2) is 32.6. The third-order valence-electron chi connectivity index (χ3n) is 3.22. The molecule has 0 saturated heterocycles. The molecule has 33 heavy (non-hydrogen) atoms. The summed E-state index contributed by atoms with van der Waals surface area (Å²) < 4.78 is 16.1. The number of nitrogens with two attached hydrogens (primary N) is 1. The molecule has 0 aliphatic carbocycles. The summed E-state index contributed by atoms with van der Waals surface area (Å²) in [5.41, 5.74) is 5.14. The smallest absolute Gasteiger partial charge is 0.418 e. The van der Waals surface area contributed by atoms with Gasteiger partial charge in [0.05, 0.1) is 39.6 Å². The van der Waals surface area contributed by atoms with Crippen LogP contribution in [0.4, 0.5) is 9.59 Å². The number of hydrogen-bond acceptors (Lipinski definition) is 11. The Morgan fingerprint density at radius 3 is 2.03 bits per heavy atom. The molecule has 0 fully saturated rings. The average molecular weight is 597 g/mol. The maximum absolute atomic E-state index is 10.6. The van der Waals surface area contributed by atoms with Crippen LogP contribution in [0.3, 0.4) is 0 Å². The Balaban J connectivity index is -0.000000184. The van der Waals surface area contributed by atoms with Crippen molar-refractivity contribution in [3.63, 3.8) is 0 Å². The van der Waals surface area contributed by atoms with Crippen molar-refractivity contribution in [2.75, 3.05) is 52.5 Å². The van der Waals surface area contributed by atoms with Crippen LogP contribution >= 0.6 is 22.6 Å². The maximum Gasteiger partial charge on any atom is 0.418 e. The first-order valence-electron chi connectivity index (χ1n) is 10.4. The van der Waals surface area contributed by atoms with Crippen LogP contribution in [0.25, 0.3) is 0 Å². The largest absolute Gasteiger partial charge is 0.453 e. The Hall–Kier alpha value is -1.56. The van der Waals surface area contributed by atoms with Crippen LogP contribution in [0.1, 0.15) is 27.1 Å². The molecule has 1 heterocycles. The highest BCUT2D eigenvalue weighted by molar-refractivity contribution is 14.1. The van der Waals surface area contributed by atoms with E-state index in [0.29, 0.717) is 37.3 Å². The SMILES string of the molecule is CO.COC(=O)NCCCC(O)CO.COC(=O)n1ccnc1.NCCCC(O)CO.[2H]CI. The van der Waals surface area contributed by atoms with Crippen molar-refractivity contribution in [2.45, 2.75) is 37.9 Å². The summed E-state index contributed by atoms with van der Waals surface area (Å²) in [6.07, 6.45) is 4.73. The molecule has 1 rings (SSSR count). The number of aliphatic hydroxyl groups excluding tert-OH is 5. The number of alkyl carbamates (subject to hydrolysis) is 1. The van der Waals surface area contributed by atoms with Gasteiger partial charge in [-0.1, -0.05) is 22.6 Å². The van der Waals surface area contributed by atoms with Gasteiger partial charge in [-0.25, -0.2) is 19.1 Å². The standard InChI is InChI=1S/C7H15NO4.C5H6N2O2.C5H13NO2.CH3I.CH4O/c1-12-7(11)8-4-2-3-6(10)5-9;1-9-5(8)7-3-2-6-4-7;6-3-1-2-5(8)4-7;2*1-2/h6,9-10H,2-5H2,1H3,(H,8,11);2-4H,1H3;5,7-8H,1-4,6H2;1H3;2H,1H3/i;;;1D;. The molecule has 0 aromatic carbocycles. The first kappa shape index (κ1) is 36.0. The number of halogens is 1. The zero-order chi connectivity index (χ0) is 27.2. The zero-order valence-corrected chi connectivity index (χ0v) is 21.6. The van der Waals surface area contributed by atoms with E-state index >= 15 is 0 Å². The van der Waals surface area contributed by atoms with Crippen molar-refractivity contribution in [3.8, 4) is 0 Å². The molecule has 8 N–H and O–H groups in total. The number of rotatable bonds is 9. The van der Waals surface area contributed by atoms with Gasteiger partial charge >= 0.3 is 12.2 Å². The van der Waals surface area contributed by atoms with E-state index in [-0.39, 0.29) is 13.2 Å². The third kappa shape index (κ3) is 30.4. The second-order valence-electron chi connectivity index (χ2n) is 5.60. The van der Waals surface area contributed by atoms with Crippen molar-refractivity contribution in [3.05, 3.63) is 18.7 Å². The molecule has 14 heteroatoms. The first-order chi connectivity index (χ1) is 16.3. The van der Waals surface area contributed by atoms with Crippen molar-refractivity contribution < 1.29 is 46.0 Å². The molecule has 0 bridgehead atoms. The van der Waals surface area contributed by atoms with Gasteiger partial charge in [0.25, 0.3) is 0 Å². The average Bonchev–Trinajstić information content (AvgIpc) is 3.42. The Labute approximate surface area is 210 Å². The van der Waals surface area contributed by atoms with Crippen LogP contribution in [-0.2, 0) is 9.47 Å². The monoisotopic (exact) mass is 597 g/mol. The number of carbonyl (C=O) groups is 2. The van der Waals surface area contributed by atoms with Gasteiger partial charge in [-0.2, -0.15) is 0 Å². The van der Waals surface area contributed by atoms with Crippen LogP contribution in [0, 0.1) is 0 Å². The summed E-state index contributed by atoms with van der Waals surface area (Å²) in [6, 6.07) is 0. The zero-order valence-electron chi connectivity index (χ0n) is 20.5. The normalized spacial score (nSPS) is 11.0. The molecular formula is C19H41IN4O9. The molecule has 0 radical (unpaired) electrons. The van der Waals surface area contributed by atoms with E-state index < -0.39 is 24.4 Å². The molecule has 13 nitrogen and oxygen atoms in total. The van der Waals surface area contributed by atoms with E-state index in [9.17, 15) is 9.59 Å². The number of nitrogens with one attached hydrogen (secondary N) is 1. The highest BCUT2D eigenvalue weighted by Gasteiger charge is 2.02. The van der Waals surface area contributed by atoms with E-state index in [1.165, 1.54) is 37.5 Å². The van der Waals surface area contributed by atoms with Crippen LogP contribution in [-0.4, -0.2) is 112 Å². The van der Waals surface area contributed by atoms with Gasteiger partial charge in [-0.05, 0) is 37.1 Å². The minimum Gasteiger partial charge on any atom is -0.453 e.